The van der Waals surface area contributed by atoms with Gasteiger partial charge in [-0.2, -0.15) is 0 Å². The van der Waals surface area contributed by atoms with E-state index in [9.17, 15) is 4.79 Å². The van der Waals surface area contributed by atoms with Crippen LogP contribution in [0.1, 0.15) is 19.3 Å². The minimum absolute atomic E-state index is 0.144. The molecular formula is C11H15N3O. The Balaban J connectivity index is 1.66. The zero-order valence-electron chi connectivity index (χ0n) is 8.52. The van der Waals surface area contributed by atoms with Crippen molar-refractivity contribution in [2.24, 2.45) is 5.92 Å². The highest BCUT2D eigenvalue weighted by Crippen LogP contribution is 2.33. The molecule has 4 heteroatoms. The first kappa shape index (κ1) is 8.97. The van der Waals surface area contributed by atoms with Crippen molar-refractivity contribution >= 4 is 5.91 Å². The molecule has 2 fully saturated rings. The van der Waals surface area contributed by atoms with E-state index in [2.05, 4.69) is 10.7 Å². The highest BCUT2D eigenvalue weighted by Gasteiger charge is 2.42. The molecule has 1 aromatic rings. The molecule has 15 heavy (non-hydrogen) atoms. The summed E-state index contributed by atoms with van der Waals surface area (Å²) in [7, 11) is 0. The topological polar surface area (TPSA) is 46.1 Å². The van der Waals surface area contributed by atoms with Crippen LogP contribution in [-0.4, -0.2) is 22.7 Å². The molecule has 3 heterocycles. The van der Waals surface area contributed by atoms with Gasteiger partial charge in [-0.15, -0.1) is 0 Å². The number of aromatic nitrogens is 1. The number of amides is 1. The minimum atomic E-state index is 0.144. The number of fused-ring (bicyclic) bond motifs is 2. The second kappa shape index (κ2) is 3.38. The van der Waals surface area contributed by atoms with E-state index >= 15 is 0 Å². The SMILES string of the molecule is O=C(Nn1cccc1)C1CC2CCC1N2. The minimum Gasteiger partial charge on any atom is -0.310 e. The molecule has 3 atom stereocenters. The fourth-order valence-corrected chi connectivity index (χ4v) is 2.73. The molecule has 2 saturated heterocycles. The van der Waals surface area contributed by atoms with E-state index in [1.165, 1.54) is 6.42 Å². The van der Waals surface area contributed by atoms with E-state index in [0.717, 1.165) is 12.8 Å². The Labute approximate surface area is 88.6 Å². The van der Waals surface area contributed by atoms with Gasteiger partial charge in [-0.25, -0.2) is 0 Å². The largest absolute Gasteiger partial charge is 0.310 e. The van der Waals surface area contributed by atoms with E-state index in [4.69, 9.17) is 0 Å². The highest BCUT2D eigenvalue weighted by molar-refractivity contribution is 5.87. The third-order valence-corrected chi connectivity index (χ3v) is 3.48. The van der Waals surface area contributed by atoms with Crippen molar-refractivity contribution < 1.29 is 4.79 Å². The normalized spacial score (nSPS) is 33.2. The Hall–Kier alpha value is -1.29. The van der Waals surface area contributed by atoms with Crippen LogP contribution in [0.15, 0.2) is 24.5 Å². The number of nitrogens with zero attached hydrogens (tertiary/aromatic N) is 1. The number of carbonyl (C=O) groups excluding carboxylic acids is 1. The summed E-state index contributed by atoms with van der Waals surface area (Å²) < 4.78 is 1.72. The molecule has 4 nitrogen and oxygen atoms in total. The van der Waals surface area contributed by atoms with E-state index in [0.29, 0.717) is 12.1 Å². The summed E-state index contributed by atoms with van der Waals surface area (Å²) >= 11 is 0. The molecule has 1 amide bonds. The number of rotatable bonds is 2. The fraction of sp³-hybridized carbons (Fsp3) is 0.545. The molecule has 0 aliphatic carbocycles. The van der Waals surface area contributed by atoms with Gasteiger partial charge in [0.05, 0.1) is 5.92 Å². The molecule has 0 radical (unpaired) electrons. The zero-order valence-corrected chi connectivity index (χ0v) is 8.52. The predicted molar refractivity (Wildman–Crippen MR) is 56.9 cm³/mol. The van der Waals surface area contributed by atoms with E-state index in [-0.39, 0.29) is 11.8 Å². The van der Waals surface area contributed by atoms with Crippen LogP contribution in [0.3, 0.4) is 0 Å². The first-order valence-electron chi connectivity index (χ1n) is 5.53. The lowest BCUT2D eigenvalue weighted by atomic mass is 9.89. The van der Waals surface area contributed by atoms with Gasteiger partial charge in [-0.3, -0.25) is 14.9 Å². The number of carbonyl (C=O) groups is 1. The van der Waals surface area contributed by atoms with Crippen LogP contribution in [0.4, 0.5) is 0 Å². The molecule has 3 rings (SSSR count). The van der Waals surface area contributed by atoms with Crippen molar-refractivity contribution in [2.45, 2.75) is 31.3 Å². The second-order valence-electron chi connectivity index (χ2n) is 4.46. The molecule has 2 N–H and O–H groups in total. The average Bonchev–Trinajstić information content (AvgIpc) is 2.93. The van der Waals surface area contributed by atoms with Crippen LogP contribution in [0.5, 0.6) is 0 Å². The van der Waals surface area contributed by atoms with Crippen LogP contribution < -0.4 is 10.7 Å². The standard InChI is InChI=1S/C11H15N3O/c15-11(13-14-5-1-2-6-14)9-7-8-3-4-10(9)12-8/h1-2,5-6,8-10,12H,3-4,7H2,(H,13,15). The van der Waals surface area contributed by atoms with Gasteiger partial charge in [0.2, 0.25) is 5.91 Å². The summed E-state index contributed by atoms with van der Waals surface area (Å²) in [4.78, 5) is 11.9. The summed E-state index contributed by atoms with van der Waals surface area (Å²) in [5.74, 6) is 0.303. The van der Waals surface area contributed by atoms with Crippen LogP contribution in [0.2, 0.25) is 0 Å². The van der Waals surface area contributed by atoms with Gasteiger partial charge in [-0.05, 0) is 31.4 Å². The molecule has 0 spiro atoms. The van der Waals surface area contributed by atoms with Gasteiger partial charge in [0.15, 0.2) is 0 Å². The predicted octanol–water partition coefficient (Wildman–Crippen LogP) is 0.699. The van der Waals surface area contributed by atoms with E-state index < -0.39 is 0 Å². The van der Waals surface area contributed by atoms with Crippen molar-refractivity contribution in [1.29, 1.82) is 0 Å². The van der Waals surface area contributed by atoms with Crippen LogP contribution in [-0.2, 0) is 4.79 Å². The van der Waals surface area contributed by atoms with Crippen molar-refractivity contribution in [1.82, 2.24) is 9.99 Å². The molecule has 2 aliphatic rings. The van der Waals surface area contributed by atoms with E-state index in [1.807, 2.05) is 24.5 Å². The maximum absolute atomic E-state index is 11.9. The summed E-state index contributed by atoms with van der Waals surface area (Å²) in [5, 5.41) is 3.47. The van der Waals surface area contributed by atoms with Crippen LogP contribution in [0, 0.1) is 5.92 Å². The quantitative estimate of drug-likeness (QED) is 0.746. The van der Waals surface area contributed by atoms with Crippen molar-refractivity contribution in [3.8, 4) is 0 Å². The molecule has 0 aromatic carbocycles. The molecule has 2 bridgehead atoms. The smallest absolute Gasteiger partial charge is 0.243 e. The fourth-order valence-electron chi connectivity index (χ4n) is 2.73. The Morgan fingerprint density at radius 3 is 2.73 bits per heavy atom. The lowest BCUT2D eigenvalue weighted by molar-refractivity contribution is -0.121. The lowest BCUT2D eigenvalue weighted by Gasteiger charge is -2.19. The van der Waals surface area contributed by atoms with Gasteiger partial charge >= 0.3 is 0 Å². The zero-order chi connectivity index (χ0) is 10.3. The molecular weight excluding hydrogens is 190 g/mol. The van der Waals surface area contributed by atoms with Crippen molar-refractivity contribution in [3.05, 3.63) is 24.5 Å². The molecule has 2 aliphatic heterocycles. The van der Waals surface area contributed by atoms with Gasteiger partial charge < -0.3 is 5.32 Å². The average molecular weight is 205 g/mol. The first-order chi connectivity index (χ1) is 7.33. The maximum atomic E-state index is 11.9. The molecule has 80 valence electrons. The van der Waals surface area contributed by atoms with Gasteiger partial charge in [0.1, 0.15) is 0 Å². The third-order valence-electron chi connectivity index (χ3n) is 3.48. The summed E-state index contributed by atoms with van der Waals surface area (Å²) in [6, 6.07) is 4.79. The number of nitrogens with one attached hydrogen (secondary N) is 2. The van der Waals surface area contributed by atoms with Crippen LogP contribution >= 0.6 is 0 Å². The lowest BCUT2D eigenvalue weighted by Crippen LogP contribution is -2.35. The number of hydrogen-bond donors (Lipinski definition) is 2. The Morgan fingerprint density at radius 1 is 1.33 bits per heavy atom. The number of hydrogen-bond acceptors (Lipinski definition) is 2. The highest BCUT2D eigenvalue weighted by atomic mass is 16.2. The van der Waals surface area contributed by atoms with E-state index in [1.54, 1.807) is 4.68 Å². The molecule has 0 saturated carbocycles. The maximum Gasteiger partial charge on any atom is 0.243 e. The van der Waals surface area contributed by atoms with Gasteiger partial charge in [-0.1, -0.05) is 0 Å². The third kappa shape index (κ3) is 1.55. The Morgan fingerprint density at radius 2 is 2.13 bits per heavy atom. The summed E-state index contributed by atoms with van der Waals surface area (Å²) in [6.07, 6.45) is 7.07. The first-order valence-corrected chi connectivity index (χ1v) is 5.53. The monoisotopic (exact) mass is 205 g/mol. The molecule has 3 unspecified atom stereocenters. The summed E-state index contributed by atoms with van der Waals surface area (Å²) in [6.45, 7) is 0. The summed E-state index contributed by atoms with van der Waals surface area (Å²) in [5.41, 5.74) is 2.89. The van der Waals surface area contributed by atoms with Gasteiger partial charge in [0.25, 0.3) is 0 Å². The van der Waals surface area contributed by atoms with Crippen LogP contribution in [0.25, 0.3) is 0 Å². The second-order valence-corrected chi connectivity index (χ2v) is 4.46. The van der Waals surface area contributed by atoms with Crippen molar-refractivity contribution in [2.75, 3.05) is 5.43 Å². The molecule has 1 aromatic heterocycles. The van der Waals surface area contributed by atoms with Crippen molar-refractivity contribution in [3.63, 3.8) is 0 Å². The Bertz CT molecular complexity index is 360. The van der Waals surface area contributed by atoms with Gasteiger partial charge in [0, 0.05) is 24.5 Å². The Kier molecular flexibility index (Phi) is 2.02.